The Kier molecular flexibility index (Phi) is 6.02. The van der Waals surface area contributed by atoms with Crippen molar-refractivity contribution in [3.05, 3.63) is 35.9 Å². The highest BCUT2D eigenvalue weighted by Gasteiger charge is 2.21. The summed E-state index contributed by atoms with van der Waals surface area (Å²) in [7, 11) is 0. The van der Waals surface area contributed by atoms with Crippen LogP contribution in [0.2, 0.25) is 0 Å². The Morgan fingerprint density at radius 3 is 2.37 bits per heavy atom. The normalized spacial score (nSPS) is 13.4. The van der Waals surface area contributed by atoms with E-state index in [4.69, 9.17) is 4.74 Å². The average molecular weight is 264 g/mol. The van der Waals surface area contributed by atoms with Gasteiger partial charge >= 0.3 is 0 Å². The molecule has 1 rings (SSSR count). The summed E-state index contributed by atoms with van der Waals surface area (Å²) in [6, 6.07) is 9.44. The fourth-order valence-corrected chi connectivity index (χ4v) is 1.65. The second-order valence-electron chi connectivity index (χ2n) is 4.18. The van der Waals surface area contributed by atoms with Crippen LogP contribution >= 0.6 is 0 Å². The van der Waals surface area contributed by atoms with E-state index in [-0.39, 0.29) is 17.9 Å². The smallest absolute Gasteiger partial charge is 0.270 e. The fourth-order valence-electron chi connectivity index (χ4n) is 1.65. The first-order valence-electron chi connectivity index (χ1n) is 6.28. The van der Waals surface area contributed by atoms with Gasteiger partial charge in [-0.3, -0.25) is 9.59 Å². The lowest BCUT2D eigenvalue weighted by molar-refractivity contribution is -0.140. The third-order valence-corrected chi connectivity index (χ3v) is 2.56. The van der Waals surface area contributed by atoms with Crippen molar-refractivity contribution in [2.75, 3.05) is 6.61 Å². The van der Waals surface area contributed by atoms with E-state index in [0.717, 1.165) is 5.56 Å². The summed E-state index contributed by atoms with van der Waals surface area (Å²) in [5.74, 6) is -0.658. The minimum atomic E-state index is -0.950. The molecular formula is C14H20N2O3. The molecule has 0 aliphatic rings. The molecule has 5 heteroatoms. The van der Waals surface area contributed by atoms with E-state index >= 15 is 0 Å². The van der Waals surface area contributed by atoms with Gasteiger partial charge in [-0.25, -0.2) is 0 Å². The Morgan fingerprint density at radius 1 is 1.21 bits per heavy atom. The Labute approximate surface area is 113 Å². The quantitative estimate of drug-likeness (QED) is 0.762. The molecule has 0 saturated carbocycles. The van der Waals surface area contributed by atoms with E-state index in [9.17, 15) is 9.59 Å². The number of benzene rings is 1. The predicted molar refractivity (Wildman–Crippen MR) is 72.2 cm³/mol. The van der Waals surface area contributed by atoms with E-state index in [1.807, 2.05) is 37.3 Å². The molecule has 0 aliphatic heterocycles. The maximum Gasteiger partial charge on any atom is 0.270 e. The standard InChI is InChI=1S/C14H20N2O3/c1-4-19-14(16-11(3)17)13(18)15-10(2)12-8-6-5-7-9-12/h5-10,14H,4H2,1-3H3,(H,15,18)(H,16,17). The van der Waals surface area contributed by atoms with E-state index in [1.165, 1.54) is 6.92 Å². The molecular weight excluding hydrogens is 244 g/mol. The minimum absolute atomic E-state index is 0.148. The topological polar surface area (TPSA) is 67.4 Å². The van der Waals surface area contributed by atoms with Crippen molar-refractivity contribution in [2.45, 2.75) is 33.0 Å². The Balaban J connectivity index is 2.63. The molecule has 0 heterocycles. The Morgan fingerprint density at radius 2 is 1.84 bits per heavy atom. The summed E-state index contributed by atoms with van der Waals surface area (Å²) in [6.07, 6.45) is -0.950. The molecule has 0 aliphatic carbocycles. The van der Waals surface area contributed by atoms with Crippen molar-refractivity contribution >= 4 is 11.8 Å². The first-order valence-corrected chi connectivity index (χ1v) is 6.28. The van der Waals surface area contributed by atoms with Gasteiger partial charge in [0.1, 0.15) is 0 Å². The van der Waals surface area contributed by atoms with Gasteiger partial charge in [0, 0.05) is 13.5 Å². The van der Waals surface area contributed by atoms with Gasteiger partial charge in [0.25, 0.3) is 5.91 Å². The summed E-state index contributed by atoms with van der Waals surface area (Å²) in [5.41, 5.74) is 0.994. The van der Waals surface area contributed by atoms with Crippen molar-refractivity contribution in [3.8, 4) is 0 Å². The SMILES string of the molecule is CCOC(NC(C)=O)C(=O)NC(C)c1ccccc1. The number of ether oxygens (including phenoxy) is 1. The second kappa shape index (κ2) is 7.53. The van der Waals surface area contributed by atoms with Crippen LogP contribution in [-0.2, 0) is 14.3 Å². The van der Waals surface area contributed by atoms with Crippen LogP contribution in [0.5, 0.6) is 0 Å². The van der Waals surface area contributed by atoms with Crippen molar-refractivity contribution in [2.24, 2.45) is 0 Å². The maximum absolute atomic E-state index is 12.0. The molecule has 19 heavy (non-hydrogen) atoms. The average Bonchev–Trinajstić information content (AvgIpc) is 2.38. The molecule has 0 fully saturated rings. The molecule has 1 aromatic carbocycles. The molecule has 0 radical (unpaired) electrons. The van der Waals surface area contributed by atoms with Crippen LogP contribution in [-0.4, -0.2) is 24.6 Å². The largest absolute Gasteiger partial charge is 0.350 e. The highest BCUT2D eigenvalue weighted by atomic mass is 16.5. The van der Waals surface area contributed by atoms with Gasteiger partial charge in [0.05, 0.1) is 6.04 Å². The van der Waals surface area contributed by atoms with Crippen LogP contribution in [0, 0.1) is 0 Å². The molecule has 104 valence electrons. The monoisotopic (exact) mass is 264 g/mol. The molecule has 1 aromatic rings. The van der Waals surface area contributed by atoms with Crippen LogP contribution < -0.4 is 10.6 Å². The molecule has 0 saturated heterocycles. The number of amides is 2. The van der Waals surface area contributed by atoms with Gasteiger partial charge in [-0.05, 0) is 19.4 Å². The first kappa shape index (κ1) is 15.2. The van der Waals surface area contributed by atoms with Gasteiger partial charge in [-0.1, -0.05) is 30.3 Å². The number of nitrogens with one attached hydrogen (secondary N) is 2. The number of rotatable bonds is 6. The zero-order valence-electron chi connectivity index (χ0n) is 11.5. The van der Waals surface area contributed by atoms with Crippen LogP contribution in [0.1, 0.15) is 32.4 Å². The zero-order valence-corrected chi connectivity index (χ0v) is 11.5. The van der Waals surface area contributed by atoms with Crippen LogP contribution in [0.3, 0.4) is 0 Å². The number of carbonyl (C=O) groups is 2. The van der Waals surface area contributed by atoms with Gasteiger partial charge in [-0.2, -0.15) is 0 Å². The van der Waals surface area contributed by atoms with E-state index < -0.39 is 6.23 Å². The molecule has 0 aromatic heterocycles. The lowest BCUT2D eigenvalue weighted by atomic mass is 10.1. The fraction of sp³-hybridized carbons (Fsp3) is 0.429. The molecule has 2 N–H and O–H groups in total. The summed E-state index contributed by atoms with van der Waals surface area (Å²) in [5, 5.41) is 5.27. The highest BCUT2D eigenvalue weighted by Crippen LogP contribution is 2.11. The third-order valence-electron chi connectivity index (χ3n) is 2.56. The number of hydrogen-bond acceptors (Lipinski definition) is 3. The molecule has 5 nitrogen and oxygen atoms in total. The summed E-state index contributed by atoms with van der Waals surface area (Å²) in [6.45, 7) is 5.34. The van der Waals surface area contributed by atoms with Crippen molar-refractivity contribution in [3.63, 3.8) is 0 Å². The molecule has 2 unspecified atom stereocenters. The first-order chi connectivity index (χ1) is 9.04. The van der Waals surface area contributed by atoms with Crippen LogP contribution in [0.25, 0.3) is 0 Å². The van der Waals surface area contributed by atoms with Gasteiger partial charge in [0.2, 0.25) is 12.1 Å². The third kappa shape index (κ3) is 5.09. The molecule has 0 bridgehead atoms. The van der Waals surface area contributed by atoms with E-state index in [0.29, 0.717) is 6.61 Å². The summed E-state index contributed by atoms with van der Waals surface area (Å²) in [4.78, 5) is 23.0. The van der Waals surface area contributed by atoms with Crippen molar-refractivity contribution < 1.29 is 14.3 Å². The van der Waals surface area contributed by atoms with Gasteiger partial charge in [0.15, 0.2) is 0 Å². The number of hydrogen-bond donors (Lipinski definition) is 2. The van der Waals surface area contributed by atoms with Crippen molar-refractivity contribution in [1.29, 1.82) is 0 Å². The van der Waals surface area contributed by atoms with E-state index in [2.05, 4.69) is 10.6 Å². The molecule has 2 atom stereocenters. The van der Waals surface area contributed by atoms with Crippen LogP contribution in [0.15, 0.2) is 30.3 Å². The molecule has 0 spiro atoms. The van der Waals surface area contributed by atoms with Gasteiger partial charge in [-0.15, -0.1) is 0 Å². The van der Waals surface area contributed by atoms with E-state index in [1.54, 1.807) is 6.92 Å². The lowest BCUT2D eigenvalue weighted by Crippen LogP contribution is -2.48. The Hall–Kier alpha value is -1.88. The summed E-state index contributed by atoms with van der Waals surface area (Å²) < 4.78 is 5.21. The highest BCUT2D eigenvalue weighted by molar-refractivity contribution is 5.85. The Bertz CT molecular complexity index is 420. The maximum atomic E-state index is 12.0. The van der Waals surface area contributed by atoms with Crippen LogP contribution in [0.4, 0.5) is 0 Å². The second-order valence-corrected chi connectivity index (χ2v) is 4.18. The zero-order chi connectivity index (χ0) is 14.3. The van der Waals surface area contributed by atoms with Crippen molar-refractivity contribution in [1.82, 2.24) is 10.6 Å². The minimum Gasteiger partial charge on any atom is -0.350 e. The lowest BCUT2D eigenvalue weighted by Gasteiger charge is -2.20. The molecule has 2 amide bonds. The number of carbonyl (C=O) groups excluding carboxylic acids is 2. The summed E-state index contributed by atoms with van der Waals surface area (Å²) >= 11 is 0. The van der Waals surface area contributed by atoms with Gasteiger partial charge < -0.3 is 15.4 Å². The predicted octanol–water partition coefficient (Wildman–Crippen LogP) is 1.36.